The zero-order chi connectivity index (χ0) is 13.5. The summed E-state index contributed by atoms with van der Waals surface area (Å²) in [5.41, 5.74) is 0.798. The van der Waals surface area contributed by atoms with Crippen molar-refractivity contribution >= 4 is 6.29 Å². The van der Waals surface area contributed by atoms with Crippen LogP contribution in [-0.2, 0) is 4.79 Å². The lowest BCUT2D eigenvalue weighted by Crippen LogP contribution is -2.22. The van der Waals surface area contributed by atoms with Crippen molar-refractivity contribution in [2.75, 3.05) is 13.7 Å². The average Bonchev–Trinajstić information content (AvgIpc) is 2.38. The number of hydrogen-bond donors (Lipinski definition) is 0. The van der Waals surface area contributed by atoms with Crippen molar-refractivity contribution in [1.82, 2.24) is 0 Å². The van der Waals surface area contributed by atoms with Crippen LogP contribution in [0, 0.1) is 16.0 Å². The maximum Gasteiger partial charge on any atom is 0.211 e. The quantitative estimate of drug-likeness (QED) is 0.423. The minimum Gasteiger partial charge on any atom is -0.497 e. The Hall–Kier alpha value is -1.91. The number of carbonyl (C=O) groups is 1. The molecule has 1 aromatic carbocycles. The predicted molar refractivity (Wildman–Crippen MR) is 67.4 cm³/mol. The molecule has 0 fully saturated rings. The van der Waals surface area contributed by atoms with Crippen LogP contribution >= 0.6 is 0 Å². The Balaban J connectivity index is 2.99. The second kappa shape index (κ2) is 6.74. The van der Waals surface area contributed by atoms with E-state index in [2.05, 4.69) is 0 Å². The van der Waals surface area contributed by atoms with Gasteiger partial charge in [-0.1, -0.05) is 19.1 Å². The molecule has 18 heavy (non-hydrogen) atoms. The van der Waals surface area contributed by atoms with Gasteiger partial charge in [0.2, 0.25) is 6.54 Å². The molecule has 0 heterocycles. The molecular formula is C13H17NO4. The monoisotopic (exact) mass is 251 g/mol. The summed E-state index contributed by atoms with van der Waals surface area (Å²) in [6, 6.07) is 7.05. The lowest BCUT2D eigenvalue weighted by Gasteiger charge is -2.18. The number of aldehydes is 1. The van der Waals surface area contributed by atoms with E-state index in [0.29, 0.717) is 12.2 Å². The van der Waals surface area contributed by atoms with Gasteiger partial charge in [-0.15, -0.1) is 0 Å². The summed E-state index contributed by atoms with van der Waals surface area (Å²) in [6.45, 7) is 1.62. The molecule has 0 spiro atoms. The summed E-state index contributed by atoms with van der Waals surface area (Å²) in [4.78, 5) is 21.3. The third-order valence-corrected chi connectivity index (χ3v) is 3.05. The second-order valence-corrected chi connectivity index (χ2v) is 4.10. The van der Waals surface area contributed by atoms with Gasteiger partial charge in [-0.2, -0.15) is 0 Å². The molecule has 98 valence electrons. The number of hydrogen-bond acceptors (Lipinski definition) is 4. The average molecular weight is 251 g/mol. The molecule has 5 nitrogen and oxygen atoms in total. The van der Waals surface area contributed by atoms with Crippen molar-refractivity contribution in [3.05, 3.63) is 39.9 Å². The maximum absolute atomic E-state index is 11.0. The molecule has 0 aliphatic heterocycles. The first kappa shape index (κ1) is 14.2. The molecule has 1 aromatic rings. The van der Waals surface area contributed by atoms with Crippen LogP contribution in [0.4, 0.5) is 0 Å². The summed E-state index contributed by atoms with van der Waals surface area (Å²) in [5, 5.41) is 10.7. The fraction of sp³-hybridized carbons (Fsp3) is 0.462. The van der Waals surface area contributed by atoms with Gasteiger partial charge in [-0.05, 0) is 24.1 Å². The molecule has 0 radical (unpaired) electrons. The van der Waals surface area contributed by atoms with E-state index in [1.54, 1.807) is 31.4 Å². The van der Waals surface area contributed by atoms with Gasteiger partial charge in [-0.25, -0.2) is 0 Å². The van der Waals surface area contributed by atoms with Crippen molar-refractivity contribution in [2.45, 2.75) is 19.3 Å². The van der Waals surface area contributed by atoms with E-state index in [1.165, 1.54) is 0 Å². The zero-order valence-corrected chi connectivity index (χ0v) is 10.5. The Labute approximate surface area is 106 Å². The highest BCUT2D eigenvalue weighted by Crippen LogP contribution is 2.27. The van der Waals surface area contributed by atoms with Crippen molar-refractivity contribution in [3.63, 3.8) is 0 Å². The van der Waals surface area contributed by atoms with Gasteiger partial charge in [0.25, 0.3) is 0 Å². The Morgan fingerprint density at radius 1 is 1.39 bits per heavy atom. The van der Waals surface area contributed by atoms with E-state index in [9.17, 15) is 14.9 Å². The SMILES string of the molecule is CC[C@H](C=O)[C@H](C[N+](=O)[O-])c1ccc(OC)cc1. The largest absolute Gasteiger partial charge is 0.497 e. The number of carbonyl (C=O) groups excluding carboxylic acids is 1. The third-order valence-electron chi connectivity index (χ3n) is 3.05. The van der Waals surface area contributed by atoms with Crippen LogP contribution in [0.2, 0.25) is 0 Å². The fourth-order valence-electron chi connectivity index (χ4n) is 1.98. The van der Waals surface area contributed by atoms with Crippen LogP contribution in [-0.4, -0.2) is 24.9 Å². The summed E-state index contributed by atoms with van der Waals surface area (Å²) >= 11 is 0. The molecule has 0 bridgehead atoms. The third kappa shape index (κ3) is 3.55. The lowest BCUT2D eigenvalue weighted by atomic mass is 9.85. The maximum atomic E-state index is 11.0. The molecule has 2 atom stereocenters. The Morgan fingerprint density at radius 2 is 2.00 bits per heavy atom. The fourth-order valence-corrected chi connectivity index (χ4v) is 1.98. The van der Waals surface area contributed by atoms with E-state index >= 15 is 0 Å². The van der Waals surface area contributed by atoms with Gasteiger partial charge in [0.05, 0.1) is 13.0 Å². The summed E-state index contributed by atoms with van der Waals surface area (Å²) in [6.07, 6.45) is 1.40. The molecule has 0 saturated heterocycles. The summed E-state index contributed by atoms with van der Waals surface area (Å²) < 4.78 is 5.04. The van der Waals surface area contributed by atoms with Gasteiger partial charge in [0.15, 0.2) is 0 Å². The second-order valence-electron chi connectivity index (χ2n) is 4.10. The highest BCUT2D eigenvalue weighted by Gasteiger charge is 2.26. The summed E-state index contributed by atoms with van der Waals surface area (Å²) in [5.74, 6) is -0.0186. The number of benzene rings is 1. The van der Waals surface area contributed by atoms with Crippen LogP contribution < -0.4 is 4.74 Å². The first-order chi connectivity index (χ1) is 8.62. The van der Waals surface area contributed by atoms with Crippen LogP contribution in [0.5, 0.6) is 5.75 Å². The van der Waals surface area contributed by atoms with Crippen molar-refractivity contribution in [2.24, 2.45) is 5.92 Å². The molecular weight excluding hydrogens is 234 g/mol. The Bertz CT molecular complexity index is 402. The van der Waals surface area contributed by atoms with E-state index < -0.39 is 0 Å². The Kier molecular flexibility index (Phi) is 5.30. The number of nitrogens with zero attached hydrogens (tertiary/aromatic N) is 1. The van der Waals surface area contributed by atoms with Crippen molar-refractivity contribution in [1.29, 1.82) is 0 Å². The number of rotatable bonds is 7. The highest BCUT2D eigenvalue weighted by molar-refractivity contribution is 5.56. The van der Waals surface area contributed by atoms with Crippen LogP contribution in [0.15, 0.2) is 24.3 Å². The van der Waals surface area contributed by atoms with E-state index in [1.807, 2.05) is 6.92 Å². The molecule has 0 N–H and O–H groups in total. The molecule has 0 aliphatic carbocycles. The molecule has 0 aliphatic rings. The minimum absolute atomic E-state index is 0.233. The molecule has 0 amide bonds. The van der Waals surface area contributed by atoms with Gasteiger partial charge >= 0.3 is 0 Å². The van der Waals surface area contributed by atoms with Crippen molar-refractivity contribution in [3.8, 4) is 5.75 Å². The summed E-state index contributed by atoms with van der Waals surface area (Å²) in [7, 11) is 1.56. The molecule has 1 rings (SSSR count). The first-order valence-corrected chi connectivity index (χ1v) is 5.83. The van der Waals surface area contributed by atoms with E-state index in [-0.39, 0.29) is 23.3 Å². The zero-order valence-electron chi connectivity index (χ0n) is 10.5. The van der Waals surface area contributed by atoms with Crippen LogP contribution in [0.3, 0.4) is 0 Å². The smallest absolute Gasteiger partial charge is 0.211 e. The van der Waals surface area contributed by atoms with E-state index in [0.717, 1.165) is 11.8 Å². The van der Waals surface area contributed by atoms with Gasteiger partial charge < -0.3 is 9.53 Å². The standard InChI is InChI=1S/C13H17NO4/c1-3-10(9-15)13(8-14(16)17)11-4-6-12(18-2)7-5-11/h4-7,9-10,13H,3,8H2,1-2H3/t10-,13+/m1/s1. The Morgan fingerprint density at radius 3 is 2.39 bits per heavy atom. The molecule has 5 heteroatoms. The van der Waals surface area contributed by atoms with Gasteiger partial charge in [-0.3, -0.25) is 10.1 Å². The minimum atomic E-state index is -0.381. The lowest BCUT2D eigenvalue weighted by molar-refractivity contribution is -0.484. The normalized spacial score (nSPS) is 13.7. The number of methoxy groups -OCH3 is 1. The molecule has 0 aromatic heterocycles. The number of ether oxygens (including phenoxy) is 1. The van der Waals surface area contributed by atoms with Crippen LogP contribution in [0.1, 0.15) is 24.8 Å². The van der Waals surface area contributed by atoms with Gasteiger partial charge in [0.1, 0.15) is 12.0 Å². The molecule has 0 unspecified atom stereocenters. The number of nitro groups is 1. The predicted octanol–water partition coefficient (Wildman–Crippen LogP) is 2.28. The van der Waals surface area contributed by atoms with Crippen molar-refractivity contribution < 1.29 is 14.5 Å². The van der Waals surface area contributed by atoms with Crippen LogP contribution in [0.25, 0.3) is 0 Å². The van der Waals surface area contributed by atoms with Gasteiger partial charge in [0, 0.05) is 10.8 Å². The van der Waals surface area contributed by atoms with E-state index in [4.69, 9.17) is 4.74 Å². The first-order valence-electron chi connectivity index (χ1n) is 5.83. The highest BCUT2D eigenvalue weighted by atomic mass is 16.6. The molecule has 0 saturated carbocycles. The topological polar surface area (TPSA) is 69.4 Å².